The molecule has 1 aromatic heterocycles. The van der Waals surface area contributed by atoms with Crippen LogP contribution in [0.25, 0.3) is 10.9 Å². The summed E-state index contributed by atoms with van der Waals surface area (Å²) in [5, 5.41) is 17.8. The lowest BCUT2D eigenvalue weighted by atomic mass is 10.1. The Bertz CT molecular complexity index is 1840. The normalized spacial score (nSPS) is 11.6. The van der Waals surface area contributed by atoms with Crippen molar-refractivity contribution in [3.05, 3.63) is 113 Å². The molecule has 4 aromatic carbocycles. The Kier molecular flexibility index (Phi) is 10.0. The first-order valence-corrected chi connectivity index (χ1v) is 15.9. The van der Waals surface area contributed by atoms with E-state index >= 15 is 0 Å². The van der Waals surface area contributed by atoms with E-state index in [1.165, 1.54) is 15.1 Å². The van der Waals surface area contributed by atoms with Gasteiger partial charge < -0.3 is 19.9 Å². The summed E-state index contributed by atoms with van der Waals surface area (Å²) in [6, 6.07) is 24.5. The molecule has 0 saturated carbocycles. The Labute approximate surface area is 266 Å². The number of aliphatic hydroxyl groups is 1. The number of hydrogen-bond donors (Lipinski definition) is 2. The van der Waals surface area contributed by atoms with Crippen molar-refractivity contribution in [1.29, 1.82) is 0 Å². The van der Waals surface area contributed by atoms with Crippen LogP contribution in [0.2, 0.25) is 5.02 Å². The molecule has 1 heterocycles. The molecule has 45 heavy (non-hydrogen) atoms. The van der Waals surface area contributed by atoms with Gasteiger partial charge in [-0.15, -0.1) is 0 Å². The minimum Gasteiger partial charge on any atom is -0.497 e. The summed E-state index contributed by atoms with van der Waals surface area (Å²) < 4.78 is 42.6. The molecule has 0 aliphatic carbocycles. The first-order chi connectivity index (χ1) is 21.7. The fourth-order valence-corrected chi connectivity index (χ4v) is 6.69. The van der Waals surface area contributed by atoms with Gasteiger partial charge in [-0.3, -0.25) is 9.48 Å². The smallest absolute Gasteiger partial charge is 0.246 e. The van der Waals surface area contributed by atoms with Gasteiger partial charge >= 0.3 is 0 Å². The largest absolute Gasteiger partial charge is 0.497 e. The minimum absolute atomic E-state index is 0.00460. The van der Waals surface area contributed by atoms with Crippen LogP contribution in [0.4, 0.5) is 5.69 Å². The van der Waals surface area contributed by atoms with E-state index in [9.17, 15) is 18.3 Å². The molecule has 0 saturated heterocycles. The number of methoxy groups -OCH3 is 2. The van der Waals surface area contributed by atoms with Gasteiger partial charge in [0.2, 0.25) is 15.9 Å². The molecule has 0 radical (unpaired) electrons. The van der Waals surface area contributed by atoms with E-state index in [1.54, 1.807) is 75.0 Å². The quantitative estimate of drug-likeness (QED) is 0.178. The lowest BCUT2D eigenvalue weighted by molar-refractivity contribution is -0.115. The number of amides is 1. The van der Waals surface area contributed by atoms with Gasteiger partial charge in [0.05, 0.1) is 33.8 Å². The lowest BCUT2D eigenvalue weighted by Gasteiger charge is -2.23. The molecular weight excluding hydrogens is 616 g/mol. The molecule has 5 rings (SSSR count). The Morgan fingerprint density at radius 2 is 1.53 bits per heavy atom. The van der Waals surface area contributed by atoms with Crippen LogP contribution >= 0.6 is 11.6 Å². The van der Waals surface area contributed by atoms with Gasteiger partial charge in [0.1, 0.15) is 21.9 Å². The van der Waals surface area contributed by atoms with Crippen LogP contribution in [-0.2, 0) is 40.9 Å². The number of rotatable bonds is 13. The van der Waals surface area contributed by atoms with Crippen LogP contribution in [0.15, 0.2) is 96.0 Å². The maximum Gasteiger partial charge on any atom is 0.246 e. The molecule has 0 unspecified atom stereocenters. The second-order valence-electron chi connectivity index (χ2n) is 10.3. The van der Waals surface area contributed by atoms with Crippen molar-refractivity contribution in [3.8, 4) is 11.5 Å². The number of ether oxygens (including phenoxy) is 2. The van der Waals surface area contributed by atoms with Gasteiger partial charge in [-0.1, -0.05) is 54.1 Å². The number of halogens is 1. The van der Waals surface area contributed by atoms with Crippen molar-refractivity contribution >= 4 is 44.1 Å². The van der Waals surface area contributed by atoms with E-state index < -0.39 is 10.0 Å². The topological polar surface area (TPSA) is 123 Å². The first kappa shape index (κ1) is 32.0. The van der Waals surface area contributed by atoms with Crippen molar-refractivity contribution in [2.45, 2.75) is 31.0 Å². The van der Waals surface area contributed by atoms with Crippen molar-refractivity contribution in [2.24, 2.45) is 0 Å². The second kappa shape index (κ2) is 14.1. The summed E-state index contributed by atoms with van der Waals surface area (Å²) in [4.78, 5) is 13.0. The van der Waals surface area contributed by atoms with Crippen molar-refractivity contribution in [3.63, 3.8) is 0 Å². The summed E-state index contributed by atoms with van der Waals surface area (Å²) in [6.07, 6.45) is 1.65. The molecular formula is C33H33ClN4O6S. The number of fused-ring (bicyclic) bond motifs is 1. The Balaban J connectivity index is 1.56. The third-order valence-electron chi connectivity index (χ3n) is 7.20. The third-order valence-corrected chi connectivity index (χ3v) is 9.37. The van der Waals surface area contributed by atoms with Crippen molar-refractivity contribution in [1.82, 2.24) is 14.1 Å². The van der Waals surface area contributed by atoms with Gasteiger partial charge in [0.15, 0.2) is 0 Å². The number of aliphatic hydroxyl groups excluding tert-OH is 1. The van der Waals surface area contributed by atoms with Gasteiger partial charge in [0.25, 0.3) is 0 Å². The van der Waals surface area contributed by atoms with Crippen LogP contribution in [0.1, 0.15) is 16.7 Å². The molecule has 2 N–H and O–H groups in total. The average Bonchev–Trinajstić information content (AvgIpc) is 3.44. The summed E-state index contributed by atoms with van der Waals surface area (Å²) in [5.41, 5.74) is 2.65. The molecule has 5 aromatic rings. The zero-order valence-electron chi connectivity index (χ0n) is 24.8. The van der Waals surface area contributed by atoms with Crippen molar-refractivity contribution in [2.75, 3.05) is 26.1 Å². The molecule has 10 nitrogen and oxygen atoms in total. The maximum atomic E-state index is 14.6. The zero-order valence-corrected chi connectivity index (χ0v) is 26.4. The molecule has 12 heteroatoms. The standard InChI is InChI=1S/C33H33ClN4O6S/c1-43-28-11-7-23(8-12-28)20-38(21-24-9-13-29(44-2)14-10-24)45(41,42)31-19-27(17-26-22-37(15-16-39)36-33(26)31)35-32(40)18-25-5-3-4-6-30(25)34/h3-14,17,19,22,39H,15-16,18,20-21H2,1-2H3,(H,35,40). The number of hydrogen-bond acceptors (Lipinski definition) is 7. The van der Waals surface area contributed by atoms with Gasteiger partial charge in [-0.05, 0) is 59.2 Å². The lowest BCUT2D eigenvalue weighted by Crippen LogP contribution is -2.30. The number of carbonyl (C=O) groups excluding carboxylic acids is 1. The monoisotopic (exact) mass is 648 g/mol. The van der Waals surface area contributed by atoms with E-state index in [2.05, 4.69) is 10.4 Å². The van der Waals surface area contributed by atoms with Gasteiger partial charge in [-0.25, -0.2) is 8.42 Å². The number of nitrogens with one attached hydrogen (secondary N) is 1. The van der Waals surface area contributed by atoms with E-state index in [0.29, 0.717) is 27.5 Å². The van der Waals surface area contributed by atoms with Gasteiger partial charge in [0, 0.05) is 35.4 Å². The van der Waals surface area contributed by atoms with Crippen LogP contribution in [-0.4, -0.2) is 54.3 Å². The molecule has 0 aliphatic rings. The van der Waals surface area contributed by atoms with E-state index in [-0.39, 0.29) is 54.7 Å². The predicted molar refractivity (Wildman–Crippen MR) is 173 cm³/mol. The van der Waals surface area contributed by atoms with Gasteiger partial charge in [-0.2, -0.15) is 9.40 Å². The SMILES string of the molecule is COc1ccc(CN(Cc2ccc(OC)cc2)S(=O)(=O)c2cc(NC(=O)Cc3ccccc3Cl)cc3cn(CCO)nc23)cc1. The highest BCUT2D eigenvalue weighted by molar-refractivity contribution is 7.89. The van der Waals surface area contributed by atoms with Crippen LogP contribution < -0.4 is 14.8 Å². The Hall–Kier alpha value is -4.42. The van der Waals surface area contributed by atoms with Crippen molar-refractivity contribution < 1.29 is 27.8 Å². The highest BCUT2D eigenvalue weighted by Gasteiger charge is 2.29. The fraction of sp³-hybridized carbons (Fsp3) is 0.212. The van der Waals surface area contributed by atoms with E-state index in [0.717, 1.165) is 11.1 Å². The molecule has 0 fully saturated rings. The number of sulfonamides is 1. The second-order valence-corrected chi connectivity index (χ2v) is 12.6. The molecule has 1 amide bonds. The molecule has 0 bridgehead atoms. The number of benzene rings is 4. The highest BCUT2D eigenvalue weighted by atomic mass is 35.5. The van der Waals surface area contributed by atoms with E-state index in [4.69, 9.17) is 21.1 Å². The molecule has 0 spiro atoms. The summed E-state index contributed by atoms with van der Waals surface area (Å²) in [6.45, 7) is 0.100. The fourth-order valence-electron chi connectivity index (χ4n) is 4.89. The number of aromatic nitrogens is 2. The number of carbonyl (C=O) groups is 1. The Morgan fingerprint density at radius 1 is 0.933 bits per heavy atom. The highest BCUT2D eigenvalue weighted by Crippen LogP contribution is 2.31. The molecule has 0 atom stereocenters. The summed E-state index contributed by atoms with van der Waals surface area (Å²) in [5.74, 6) is 0.946. The van der Waals surface area contributed by atoms with E-state index in [1.807, 2.05) is 24.3 Å². The average molecular weight is 649 g/mol. The van der Waals surface area contributed by atoms with Crippen LogP contribution in [0.5, 0.6) is 11.5 Å². The summed E-state index contributed by atoms with van der Waals surface area (Å²) in [7, 11) is -1.09. The predicted octanol–water partition coefficient (Wildman–Crippen LogP) is 5.27. The van der Waals surface area contributed by atoms with Crippen LogP contribution in [0.3, 0.4) is 0 Å². The third kappa shape index (κ3) is 7.63. The number of anilines is 1. The molecule has 234 valence electrons. The first-order valence-electron chi connectivity index (χ1n) is 14.1. The minimum atomic E-state index is -4.22. The Morgan fingerprint density at radius 3 is 2.09 bits per heavy atom. The zero-order chi connectivity index (χ0) is 32.0. The van der Waals surface area contributed by atoms with Crippen LogP contribution in [0, 0.1) is 0 Å². The molecule has 0 aliphatic heterocycles. The summed E-state index contributed by atoms with van der Waals surface area (Å²) >= 11 is 6.26. The maximum absolute atomic E-state index is 14.6. The number of nitrogens with zero attached hydrogens (tertiary/aromatic N) is 3.